The molecule has 1 aromatic rings. The van der Waals surface area contributed by atoms with E-state index in [1.165, 1.54) is 12.1 Å². The van der Waals surface area contributed by atoms with E-state index in [9.17, 15) is 9.90 Å². The van der Waals surface area contributed by atoms with Crippen molar-refractivity contribution in [2.24, 2.45) is 11.7 Å². The summed E-state index contributed by atoms with van der Waals surface area (Å²) in [5, 5.41) is 12.2. The van der Waals surface area contributed by atoms with E-state index in [1.807, 2.05) is 13.8 Å². The number of nitrogens with one attached hydrogen (secondary N) is 1. The number of hydrogen-bond donors (Lipinski definition) is 3. The van der Waals surface area contributed by atoms with Crippen LogP contribution in [0.3, 0.4) is 0 Å². The maximum absolute atomic E-state index is 11.7. The summed E-state index contributed by atoms with van der Waals surface area (Å²) in [5.41, 5.74) is 6.24. The van der Waals surface area contributed by atoms with Gasteiger partial charge in [0.1, 0.15) is 0 Å². The van der Waals surface area contributed by atoms with Gasteiger partial charge in [0, 0.05) is 18.2 Å². The number of rotatable bonds is 4. The molecule has 0 bridgehead atoms. The number of anilines is 1. The summed E-state index contributed by atoms with van der Waals surface area (Å²) in [6.07, 6.45) is 0.216. The van der Waals surface area contributed by atoms with Crippen molar-refractivity contribution in [1.82, 2.24) is 0 Å². The molecule has 100 valence electrons. The van der Waals surface area contributed by atoms with Crippen LogP contribution in [0, 0.1) is 5.92 Å². The summed E-state index contributed by atoms with van der Waals surface area (Å²) in [7, 11) is 0. The molecule has 0 aliphatic carbocycles. The maximum atomic E-state index is 11.7. The Labute approximate surface area is 116 Å². The van der Waals surface area contributed by atoms with Crippen LogP contribution in [0.15, 0.2) is 12.1 Å². The van der Waals surface area contributed by atoms with Crippen LogP contribution >= 0.6 is 23.2 Å². The standard InChI is InChI=1S/C12H16Cl2N2O2/c1-6(2)10(15)5-11(17)16-7-3-8(13)12(18)9(14)4-7/h3-4,6,10,18H,5,15H2,1-2H3,(H,16,17). The number of hydrogen-bond acceptors (Lipinski definition) is 3. The Morgan fingerprint density at radius 2 is 1.89 bits per heavy atom. The Hall–Kier alpha value is -0.970. The first-order chi connectivity index (χ1) is 8.31. The van der Waals surface area contributed by atoms with Crippen LogP contribution < -0.4 is 11.1 Å². The van der Waals surface area contributed by atoms with Gasteiger partial charge in [-0.05, 0) is 18.1 Å². The molecule has 18 heavy (non-hydrogen) atoms. The van der Waals surface area contributed by atoms with E-state index in [4.69, 9.17) is 28.9 Å². The molecule has 0 spiro atoms. The van der Waals surface area contributed by atoms with Gasteiger partial charge in [0.25, 0.3) is 0 Å². The Balaban J connectivity index is 2.71. The summed E-state index contributed by atoms with van der Waals surface area (Å²) < 4.78 is 0. The summed E-state index contributed by atoms with van der Waals surface area (Å²) in [6, 6.07) is 2.66. The van der Waals surface area contributed by atoms with Crippen molar-refractivity contribution in [2.45, 2.75) is 26.3 Å². The molecule has 0 aliphatic rings. The van der Waals surface area contributed by atoms with Gasteiger partial charge in [-0.3, -0.25) is 4.79 Å². The monoisotopic (exact) mass is 290 g/mol. The number of phenolic OH excluding ortho intramolecular Hbond substituents is 1. The molecular formula is C12H16Cl2N2O2. The molecule has 4 nitrogen and oxygen atoms in total. The highest BCUT2D eigenvalue weighted by Crippen LogP contribution is 2.34. The molecule has 1 rings (SSSR count). The van der Waals surface area contributed by atoms with E-state index in [1.54, 1.807) is 0 Å². The van der Waals surface area contributed by atoms with Crippen LogP contribution in [0.1, 0.15) is 20.3 Å². The van der Waals surface area contributed by atoms with Gasteiger partial charge in [0.15, 0.2) is 5.75 Å². The van der Waals surface area contributed by atoms with Crippen LogP contribution in [-0.4, -0.2) is 17.1 Å². The molecule has 0 saturated heterocycles. The van der Waals surface area contributed by atoms with Crippen LogP contribution in [0.2, 0.25) is 10.0 Å². The lowest BCUT2D eigenvalue weighted by atomic mass is 10.0. The number of benzene rings is 1. The van der Waals surface area contributed by atoms with Crippen molar-refractivity contribution in [3.05, 3.63) is 22.2 Å². The number of nitrogens with two attached hydrogens (primary N) is 1. The molecule has 1 atom stereocenters. The van der Waals surface area contributed by atoms with Gasteiger partial charge in [-0.1, -0.05) is 37.0 Å². The number of halogens is 2. The predicted molar refractivity (Wildman–Crippen MR) is 74.2 cm³/mol. The van der Waals surface area contributed by atoms with E-state index in [0.29, 0.717) is 5.69 Å². The fourth-order valence-electron chi connectivity index (χ4n) is 1.30. The minimum atomic E-state index is -0.214. The lowest BCUT2D eigenvalue weighted by Gasteiger charge is -2.15. The predicted octanol–water partition coefficient (Wildman–Crippen LogP) is 3.01. The number of carbonyl (C=O) groups excluding carboxylic acids is 1. The number of phenols is 1. The molecule has 0 aromatic heterocycles. The Morgan fingerprint density at radius 1 is 1.39 bits per heavy atom. The summed E-state index contributed by atoms with van der Waals surface area (Å²) in [4.78, 5) is 11.7. The van der Waals surface area contributed by atoms with Crippen LogP contribution in [0.25, 0.3) is 0 Å². The number of carbonyl (C=O) groups is 1. The van der Waals surface area contributed by atoms with Gasteiger partial charge in [-0.15, -0.1) is 0 Å². The number of amides is 1. The Bertz CT molecular complexity index is 427. The molecule has 1 aromatic carbocycles. The molecule has 4 N–H and O–H groups in total. The fraction of sp³-hybridized carbons (Fsp3) is 0.417. The lowest BCUT2D eigenvalue weighted by molar-refractivity contribution is -0.116. The molecule has 0 radical (unpaired) electrons. The van der Waals surface area contributed by atoms with Crippen LogP contribution in [-0.2, 0) is 4.79 Å². The van der Waals surface area contributed by atoms with Crippen molar-refractivity contribution in [1.29, 1.82) is 0 Å². The zero-order chi connectivity index (χ0) is 13.9. The first-order valence-corrected chi connectivity index (χ1v) is 6.30. The average Bonchev–Trinajstić information content (AvgIpc) is 2.25. The third kappa shape index (κ3) is 4.05. The Morgan fingerprint density at radius 3 is 2.33 bits per heavy atom. The van der Waals surface area contributed by atoms with E-state index < -0.39 is 0 Å². The SMILES string of the molecule is CC(C)C(N)CC(=O)Nc1cc(Cl)c(O)c(Cl)c1. The van der Waals surface area contributed by atoms with E-state index >= 15 is 0 Å². The van der Waals surface area contributed by atoms with Crippen molar-refractivity contribution in [3.63, 3.8) is 0 Å². The highest BCUT2D eigenvalue weighted by atomic mass is 35.5. The van der Waals surface area contributed by atoms with E-state index in [0.717, 1.165) is 0 Å². The minimum Gasteiger partial charge on any atom is -0.505 e. The first kappa shape index (κ1) is 15.1. The van der Waals surface area contributed by atoms with Crippen molar-refractivity contribution >= 4 is 34.8 Å². The Kier molecular flexibility index (Phi) is 5.26. The fourth-order valence-corrected chi connectivity index (χ4v) is 1.79. The summed E-state index contributed by atoms with van der Waals surface area (Å²) in [5.74, 6) is -0.188. The molecule has 1 unspecified atom stereocenters. The van der Waals surface area contributed by atoms with Crippen molar-refractivity contribution in [2.75, 3.05) is 5.32 Å². The first-order valence-electron chi connectivity index (χ1n) is 5.54. The number of aromatic hydroxyl groups is 1. The largest absolute Gasteiger partial charge is 0.505 e. The molecular weight excluding hydrogens is 275 g/mol. The zero-order valence-electron chi connectivity index (χ0n) is 10.2. The normalized spacial score (nSPS) is 12.6. The second kappa shape index (κ2) is 6.27. The minimum absolute atomic E-state index is 0.0889. The molecule has 1 amide bonds. The lowest BCUT2D eigenvalue weighted by Crippen LogP contribution is -2.31. The van der Waals surface area contributed by atoms with Gasteiger partial charge in [-0.25, -0.2) is 0 Å². The third-order valence-corrected chi connectivity index (χ3v) is 3.15. The van der Waals surface area contributed by atoms with Crippen molar-refractivity contribution in [3.8, 4) is 5.75 Å². The molecule has 0 heterocycles. The quantitative estimate of drug-likeness (QED) is 0.746. The summed E-state index contributed by atoms with van der Waals surface area (Å²) in [6.45, 7) is 3.90. The van der Waals surface area contributed by atoms with Crippen molar-refractivity contribution < 1.29 is 9.90 Å². The molecule has 0 fully saturated rings. The van der Waals surface area contributed by atoms with E-state index in [2.05, 4.69) is 5.32 Å². The molecule has 0 saturated carbocycles. The smallest absolute Gasteiger partial charge is 0.225 e. The maximum Gasteiger partial charge on any atom is 0.225 e. The topological polar surface area (TPSA) is 75.4 Å². The highest BCUT2D eigenvalue weighted by molar-refractivity contribution is 6.37. The van der Waals surface area contributed by atoms with Gasteiger partial charge in [-0.2, -0.15) is 0 Å². The second-order valence-corrected chi connectivity index (χ2v) is 5.26. The van der Waals surface area contributed by atoms with Gasteiger partial charge in [0.05, 0.1) is 10.0 Å². The third-order valence-electron chi connectivity index (χ3n) is 2.58. The van der Waals surface area contributed by atoms with Gasteiger partial charge in [0.2, 0.25) is 5.91 Å². The molecule has 6 heteroatoms. The second-order valence-electron chi connectivity index (χ2n) is 4.45. The molecule has 0 aliphatic heterocycles. The summed E-state index contributed by atoms with van der Waals surface area (Å²) >= 11 is 11.5. The van der Waals surface area contributed by atoms with Crippen LogP contribution in [0.4, 0.5) is 5.69 Å². The highest BCUT2D eigenvalue weighted by Gasteiger charge is 2.14. The van der Waals surface area contributed by atoms with Gasteiger partial charge >= 0.3 is 0 Å². The average molecular weight is 291 g/mol. The zero-order valence-corrected chi connectivity index (χ0v) is 11.7. The van der Waals surface area contributed by atoms with Crippen LogP contribution in [0.5, 0.6) is 5.75 Å². The van der Waals surface area contributed by atoms with Gasteiger partial charge < -0.3 is 16.2 Å². The van der Waals surface area contributed by atoms with E-state index in [-0.39, 0.29) is 40.1 Å².